The van der Waals surface area contributed by atoms with Crippen LogP contribution in [0, 0.1) is 0 Å². The number of phosphoric acid groups is 2. The highest BCUT2D eigenvalue weighted by atomic mass is 31.2. The number of aliphatic hydroxyl groups excluding tert-OH is 2. The van der Waals surface area contributed by atoms with E-state index in [-0.39, 0.29) is 19.3 Å². The highest BCUT2D eigenvalue weighted by Gasteiger charge is 2.29. The summed E-state index contributed by atoms with van der Waals surface area (Å²) in [5.74, 6) is -1.59. The van der Waals surface area contributed by atoms with E-state index in [1.807, 2.05) is 0 Å². The van der Waals surface area contributed by atoms with Gasteiger partial charge in [0.2, 0.25) is 0 Å². The van der Waals surface area contributed by atoms with Crippen molar-refractivity contribution in [3.8, 4) is 0 Å². The van der Waals surface area contributed by atoms with Gasteiger partial charge in [0.1, 0.15) is 25.4 Å². The molecule has 0 aliphatic carbocycles. The number of allylic oxidation sites excluding steroid dienone is 18. The number of carbonyl (C=O) groups is 3. The fourth-order valence-corrected chi connectivity index (χ4v) is 11.4. The van der Waals surface area contributed by atoms with Crippen LogP contribution in [0.25, 0.3) is 0 Å². The van der Waals surface area contributed by atoms with Gasteiger partial charge in [0, 0.05) is 19.3 Å². The van der Waals surface area contributed by atoms with Gasteiger partial charge in [0.25, 0.3) is 0 Å². The Labute approximate surface area is 577 Å². The maximum Gasteiger partial charge on any atom is 0.472 e. The number of hydrogen-bond acceptors (Lipinski definition) is 14. The zero-order chi connectivity index (χ0) is 69.5. The third kappa shape index (κ3) is 71.3. The number of rotatable bonds is 70. The van der Waals surface area contributed by atoms with E-state index in [1.165, 1.54) is 103 Å². The molecule has 0 spiro atoms. The number of unbranched alkanes of at least 4 members (excludes halogenated alkanes) is 29. The smallest absolute Gasteiger partial charge is 0.463 e. The summed E-state index contributed by atoms with van der Waals surface area (Å²) in [4.78, 5) is 58.5. The van der Waals surface area contributed by atoms with Crippen molar-refractivity contribution in [2.75, 3.05) is 39.6 Å². The predicted octanol–water partition coefficient (Wildman–Crippen LogP) is 21.2. The molecule has 0 aromatic rings. The Balaban J connectivity index is 4.58. The summed E-state index contributed by atoms with van der Waals surface area (Å²) < 4.78 is 61.0. The van der Waals surface area contributed by atoms with Gasteiger partial charge in [-0.25, -0.2) is 9.13 Å². The highest BCUT2D eigenvalue weighted by Crippen LogP contribution is 2.45. The zero-order valence-corrected chi connectivity index (χ0v) is 61.4. The van der Waals surface area contributed by atoms with E-state index in [4.69, 9.17) is 32.3 Å². The van der Waals surface area contributed by atoms with Crippen molar-refractivity contribution in [1.29, 1.82) is 0 Å². The number of aliphatic hydroxyl groups is 2. The highest BCUT2D eigenvalue weighted by molar-refractivity contribution is 7.47. The zero-order valence-electron chi connectivity index (χ0n) is 59.6. The third-order valence-corrected chi connectivity index (χ3v) is 17.4. The Morgan fingerprint density at radius 1 is 0.305 bits per heavy atom. The first-order chi connectivity index (χ1) is 46.2. The number of esters is 3. The van der Waals surface area contributed by atoms with Crippen molar-refractivity contribution in [2.24, 2.45) is 0 Å². The fourth-order valence-electron chi connectivity index (χ4n) is 9.82. The van der Waals surface area contributed by atoms with Gasteiger partial charge >= 0.3 is 33.6 Å². The van der Waals surface area contributed by atoms with Crippen molar-refractivity contribution >= 4 is 33.6 Å². The molecule has 18 heteroatoms. The molecule has 95 heavy (non-hydrogen) atoms. The molecule has 16 nitrogen and oxygen atoms in total. The van der Waals surface area contributed by atoms with Crippen LogP contribution >= 0.6 is 15.6 Å². The molecule has 0 aliphatic rings. The van der Waals surface area contributed by atoms with Gasteiger partial charge in [-0.15, -0.1) is 0 Å². The van der Waals surface area contributed by atoms with E-state index in [0.29, 0.717) is 19.3 Å². The Morgan fingerprint density at radius 2 is 0.558 bits per heavy atom. The molecule has 0 aliphatic heterocycles. The maximum atomic E-state index is 12.9. The van der Waals surface area contributed by atoms with Crippen LogP contribution < -0.4 is 0 Å². The van der Waals surface area contributed by atoms with Crippen LogP contribution in [-0.2, 0) is 55.8 Å². The van der Waals surface area contributed by atoms with Crippen molar-refractivity contribution < 1.29 is 75.8 Å². The largest absolute Gasteiger partial charge is 0.472 e. The van der Waals surface area contributed by atoms with E-state index < -0.39 is 91.5 Å². The minimum Gasteiger partial charge on any atom is -0.463 e. The molecule has 0 aromatic heterocycles. The fraction of sp³-hybridized carbons (Fsp3) is 0.727. The first kappa shape index (κ1) is 91.2. The van der Waals surface area contributed by atoms with E-state index in [1.54, 1.807) is 0 Å². The normalized spacial score (nSPS) is 14.7. The van der Waals surface area contributed by atoms with Crippen LogP contribution in [0.1, 0.15) is 303 Å². The molecule has 548 valence electrons. The van der Waals surface area contributed by atoms with Gasteiger partial charge in [-0.05, 0) is 109 Å². The van der Waals surface area contributed by atoms with E-state index in [0.717, 1.165) is 141 Å². The molecule has 0 fully saturated rings. The summed E-state index contributed by atoms with van der Waals surface area (Å²) >= 11 is 0. The van der Waals surface area contributed by atoms with Crippen LogP contribution in [0.3, 0.4) is 0 Å². The first-order valence-electron chi connectivity index (χ1n) is 37.2. The maximum absolute atomic E-state index is 12.9. The van der Waals surface area contributed by atoms with Gasteiger partial charge in [0.15, 0.2) is 6.10 Å². The van der Waals surface area contributed by atoms with Gasteiger partial charge in [-0.1, -0.05) is 284 Å². The molecule has 0 heterocycles. The Bertz CT molecular complexity index is 2170. The Morgan fingerprint density at radius 3 is 0.905 bits per heavy atom. The molecule has 0 amide bonds. The second-order valence-corrected chi connectivity index (χ2v) is 27.6. The molecule has 0 bridgehead atoms. The van der Waals surface area contributed by atoms with Crippen molar-refractivity contribution in [3.63, 3.8) is 0 Å². The average molecular weight is 1380 g/mol. The molecule has 0 saturated heterocycles. The van der Waals surface area contributed by atoms with Gasteiger partial charge < -0.3 is 34.2 Å². The molecule has 0 radical (unpaired) electrons. The van der Waals surface area contributed by atoms with E-state index >= 15 is 0 Å². The standard InChI is InChI=1S/C77H134O16P2/c1-4-7-10-13-16-19-22-25-27-29-31-33-34-35-36-38-40-41-43-46-48-51-54-57-60-63-75(80)87-66-72(78)67-89-94(83,84)90-68-73(79)69-91-95(85,86)92-71-74(93-77(82)65-62-59-56-53-50-45-24-21-18-15-12-9-6-3)70-88-76(81)64-61-58-55-52-49-47-44-42-39-37-32-30-28-26-23-20-17-14-11-8-5-2/h7,10,16-17,19-20,25-28,31-33,35-37,42,44,72-74,78-79H,4-6,8-9,11-15,18,21-24,29-30,34,38-41,43,45-71H2,1-3H3,(H,83,84)(H,85,86)/b10-7-,19-16-,20-17-,27-25-,28-26-,33-31-,36-35-,37-32-,44-42-. The first-order valence-corrected chi connectivity index (χ1v) is 40.2. The van der Waals surface area contributed by atoms with Crippen LogP contribution in [0.15, 0.2) is 109 Å². The lowest BCUT2D eigenvalue weighted by Gasteiger charge is -2.21. The monoisotopic (exact) mass is 1380 g/mol. The lowest BCUT2D eigenvalue weighted by atomic mass is 10.0. The summed E-state index contributed by atoms with van der Waals surface area (Å²) in [5, 5.41) is 20.6. The van der Waals surface area contributed by atoms with Gasteiger partial charge in [-0.2, -0.15) is 0 Å². The number of phosphoric ester groups is 2. The second-order valence-electron chi connectivity index (χ2n) is 24.7. The van der Waals surface area contributed by atoms with Crippen LogP contribution in [-0.4, -0.2) is 95.9 Å². The molecule has 5 unspecified atom stereocenters. The second kappa shape index (κ2) is 70.1. The summed E-state index contributed by atoms with van der Waals surface area (Å²) in [6.45, 7) is 2.52. The molecule has 5 atom stereocenters. The summed E-state index contributed by atoms with van der Waals surface area (Å²) in [6, 6.07) is 0. The van der Waals surface area contributed by atoms with Crippen LogP contribution in [0.2, 0.25) is 0 Å². The topological polar surface area (TPSA) is 231 Å². The Hall–Kier alpha value is -3.79. The third-order valence-electron chi connectivity index (χ3n) is 15.5. The van der Waals surface area contributed by atoms with E-state index in [2.05, 4.69) is 130 Å². The number of carbonyl (C=O) groups excluding carboxylic acids is 3. The van der Waals surface area contributed by atoms with E-state index in [9.17, 15) is 43.5 Å². The van der Waals surface area contributed by atoms with Gasteiger partial charge in [0.05, 0.1) is 26.4 Å². The van der Waals surface area contributed by atoms with Crippen molar-refractivity contribution in [2.45, 2.75) is 322 Å². The molecular weight excluding hydrogens is 1240 g/mol. The Kier molecular flexibility index (Phi) is 67.3. The van der Waals surface area contributed by atoms with Gasteiger partial charge in [-0.3, -0.25) is 32.5 Å². The molecule has 0 saturated carbocycles. The molecule has 0 aromatic carbocycles. The lowest BCUT2D eigenvalue weighted by Crippen LogP contribution is -2.30. The van der Waals surface area contributed by atoms with Crippen molar-refractivity contribution in [3.05, 3.63) is 109 Å². The predicted molar refractivity (Wildman–Crippen MR) is 390 cm³/mol. The van der Waals surface area contributed by atoms with Crippen LogP contribution in [0.5, 0.6) is 0 Å². The quantitative estimate of drug-likeness (QED) is 0.0146. The number of hydrogen-bond donors (Lipinski definition) is 4. The SMILES string of the molecule is CC/C=C\C/C=C\C/C=C\C/C=C\C/C=C\CCCCCCCCCCCC(=O)OCC(O)COP(=O)(O)OCC(O)COP(=O)(O)OCC(COC(=O)CCCCCCC/C=C\C/C=C\C/C=C\C/C=C\CCCCC)OC(=O)CCCCCCCCCCCCCCC. The lowest BCUT2D eigenvalue weighted by molar-refractivity contribution is -0.161. The average Bonchev–Trinajstić information content (AvgIpc) is 1.81. The molecule has 0 rings (SSSR count). The number of ether oxygens (including phenoxy) is 3. The minimum absolute atomic E-state index is 0.102. The summed E-state index contributed by atoms with van der Waals surface area (Å²) in [7, 11) is -9.78. The van der Waals surface area contributed by atoms with Crippen molar-refractivity contribution in [1.82, 2.24) is 0 Å². The van der Waals surface area contributed by atoms with Crippen LogP contribution in [0.4, 0.5) is 0 Å². The minimum atomic E-state index is -4.93. The summed E-state index contributed by atoms with van der Waals surface area (Å²) in [5.41, 5.74) is 0. The molecule has 4 N–H and O–H groups in total. The summed E-state index contributed by atoms with van der Waals surface area (Å²) in [6.07, 6.45) is 79.9. The molecular formula is C77H134O16P2.